The molecular formula is C14H15ClO4. The summed E-state index contributed by atoms with van der Waals surface area (Å²) in [5, 5.41) is 10.3. The number of methoxy groups -OCH3 is 2. The predicted octanol–water partition coefficient (Wildman–Crippen LogP) is 3.23. The molecule has 1 unspecified atom stereocenters. The zero-order valence-electron chi connectivity index (χ0n) is 10.7. The highest BCUT2D eigenvalue weighted by atomic mass is 35.5. The molecule has 1 N–H and O–H groups in total. The van der Waals surface area contributed by atoms with E-state index in [0.717, 1.165) is 5.56 Å². The summed E-state index contributed by atoms with van der Waals surface area (Å²) in [6.07, 6.45) is 1.15. The van der Waals surface area contributed by atoms with Gasteiger partial charge in [0.25, 0.3) is 0 Å². The Kier molecular flexibility index (Phi) is 4.35. The molecule has 0 spiro atoms. The molecule has 0 aliphatic carbocycles. The van der Waals surface area contributed by atoms with Gasteiger partial charge < -0.3 is 19.0 Å². The van der Waals surface area contributed by atoms with E-state index in [0.29, 0.717) is 23.5 Å². The van der Waals surface area contributed by atoms with Crippen LogP contribution >= 0.6 is 11.6 Å². The number of benzene rings is 1. The van der Waals surface area contributed by atoms with Gasteiger partial charge in [0, 0.05) is 12.0 Å². The maximum Gasteiger partial charge on any atom is 0.198 e. The lowest BCUT2D eigenvalue weighted by molar-refractivity contribution is 0.177. The molecule has 0 amide bonds. The fourth-order valence-electron chi connectivity index (χ4n) is 1.88. The predicted molar refractivity (Wildman–Crippen MR) is 71.9 cm³/mol. The Morgan fingerprint density at radius 3 is 2.53 bits per heavy atom. The van der Waals surface area contributed by atoms with Crippen molar-refractivity contribution >= 4 is 11.6 Å². The first-order chi connectivity index (χ1) is 9.15. The van der Waals surface area contributed by atoms with Crippen LogP contribution in [0.25, 0.3) is 0 Å². The van der Waals surface area contributed by atoms with E-state index in [1.165, 1.54) is 6.26 Å². The molecule has 0 radical (unpaired) electrons. The molecule has 0 saturated carbocycles. The lowest BCUT2D eigenvalue weighted by Gasteiger charge is -2.12. The van der Waals surface area contributed by atoms with Gasteiger partial charge in [-0.25, -0.2) is 0 Å². The Bertz CT molecular complexity index is 550. The maximum absolute atomic E-state index is 10.1. The second-order valence-corrected chi connectivity index (χ2v) is 4.40. The Labute approximate surface area is 116 Å². The van der Waals surface area contributed by atoms with E-state index in [4.69, 9.17) is 25.5 Å². The Hall–Kier alpha value is -1.65. The molecule has 1 aromatic heterocycles. The Balaban J connectivity index is 2.17. The van der Waals surface area contributed by atoms with Crippen LogP contribution < -0.4 is 9.47 Å². The molecule has 102 valence electrons. The minimum atomic E-state index is -0.718. The Morgan fingerprint density at radius 1 is 1.21 bits per heavy atom. The monoisotopic (exact) mass is 282 g/mol. The third kappa shape index (κ3) is 3.03. The molecule has 1 aromatic carbocycles. The molecule has 0 saturated heterocycles. The van der Waals surface area contributed by atoms with E-state index in [1.807, 2.05) is 12.1 Å². The molecule has 0 aliphatic heterocycles. The van der Waals surface area contributed by atoms with Crippen molar-refractivity contribution in [2.75, 3.05) is 14.2 Å². The van der Waals surface area contributed by atoms with Crippen LogP contribution in [0.15, 0.2) is 34.9 Å². The quantitative estimate of drug-likeness (QED) is 0.915. The second kappa shape index (κ2) is 5.99. The van der Waals surface area contributed by atoms with E-state index in [-0.39, 0.29) is 5.22 Å². The maximum atomic E-state index is 10.1. The minimum absolute atomic E-state index is 0.216. The van der Waals surface area contributed by atoms with Crippen molar-refractivity contribution < 1.29 is 19.0 Å². The van der Waals surface area contributed by atoms with Gasteiger partial charge in [-0.1, -0.05) is 6.07 Å². The van der Waals surface area contributed by atoms with E-state index < -0.39 is 6.10 Å². The number of furan rings is 1. The summed E-state index contributed by atoms with van der Waals surface area (Å²) in [7, 11) is 3.16. The number of rotatable bonds is 5. The normalized spacial score (nSPS) is 12.2. The molecule has 2 aromatic rings. The molecule has 2 rings (SSSR count). The summed E-state index contributed by atoms with van der Waals surface area (Å²) < 4.78 is 15.4. The van der Waals surface area contributed by atoms with Gasteiger partial charge in [0.1, 0.15) is 0 Å². The van der Waals surface area contributed by atoms with Crippen molar-refractivity contribution in [3.05, 3.63) is 46.9 Å². The van der Waals surface area contributed by atoms with Gasteiger partial charge in [0.05, 0.1) is 26.6 Å². The van der Waals surface area contributed by atoms with E-state index >= 15 is 0 Å². The number of hydrogen-bond donors (Lipinski definition) is 1. The fraction of sp³-hybridized carbons (Fsp3) is 0.286. The van der Waals surface area contributed by atoms with Gasteiger partial charge in [0.2, 0.25) is 0 Å². The van der Waals surface area contributed by atoms with Crippen LogP contribution in [0.3, 0.4) is 0 Å². The molecule has 0 fully saturated rings. The zero-order valence-corrected chi connectivity index (χ0v) is 11.5. The molecule has 19 heavy (non-hydrogen) atoms. The molecule has 4 nitrogen and oxygen atoms in total. The van der Waals surface area contributed by atoms with Crippen LogP contribution in [0.5, 0.6) is 11.5 Å². The molecule has 5 heteroatoms. The first kappa shape index (κ1) is 13.8. The van der Waals surface area contributed by atoms with E-state index in [9.17, 15) is 5.11 Å². The summed E-state index contributed by atoms with van der Waals surface area (Å²) in [5.74, 6) is 1.28. The third-order valence-electron chi connectivity index (χ3n) is 2.88. The zero-order chi connectivity index (χ0) is 13.8. The lowest BCUT2D eigenvalue weighted by atomic mass is 10.0. The largest absolute Gasteiger partial charge is 0.493 e. The van der Waals surface area contributed by atoms with Crippen LogP contribution in [0.2, 0.25) is 5.22 Å². The van der Waals surface area contributed by atoms with Gasteiger partial charge in [0.15, 0.2) is 16.7 Å². The van der Waals surface area contributed by atoms with E-state index in [2.05, 4.69) is 0 Å². The Morgan fingerprint density at radius 2 is 1.95 bits per heavy atom. The highest BCUT2D eigenvalue weighted by molar-refractivity contribution is 6.29. The molecule has 1 atom stereocenters. The summed E-state index contributed by atoms with van der Waals surface area (Å²) in [4.78, 5) is 0. The van der Waals surface area contributed by atoms with Gasteiger partial charge in [-0.05, 0) is 35.4 Å². The van der Waals surface area contributed by atoms with E-state index in [1.54, 1.807) is 26.4 Å². The van der Waals surface area contributed by atoms with Crippen molar-refractivity contribution in [2.45, 2.75) is 12.5 Å². The van der Waals surface area contributed by atoms with Gasteiger partial charge >= 0.3 is 0 Å². The summed E-state index contributed by atoms with van der Waals surface area (Å²) in [5.41, 5.74) is 1.50. The molecule has 1 heterocycles. The van der Waals surface area contributed by atoms with Crippen molar-refractivity contribution in [3.63, 3.8) is 0 Å². The highest BCUT2D eigenvalue weighted by Gasteiger charge is 2.15. The van der Waals surface area contributed by atoms with Gasteiger partial charge in [-0.3, -0.25) is 0 Å². The smallest absolute Gasteiger partial charge is 0.198 e. The fourth-order valence-corrected chi connectivity index (χ4v) is 2.12. The van der Waals surface area contributed by atoms with Crippen LogP contribution in [-0.2, 0) is 6.42 Å². The summed E-state index contributed by atoms with van der Waals surface area (Å²) in [6, 6.07) is 7.17. The number of aliphatic hydroxyl groups excluding tert-OH is 1. The standard InChI is InChI=1S/C14H15ClO4/c1-17-12-4-3-9(8-13(12)18-2)7-11(16)10-5-6-19-14(10)15/h3-6,8,11,16H,7H2,1-2H3. The van der Waals surface area contributed by atoms with Crippen LogP contribution in [0.1, 0.15) is 17.2 Å². The van der Waals surface area contributed by atoms with Crippen molar-refractivity contribution in [3.8, 4) is 11.5 Å². The SMILES string of the molecule is COc1ccc(CC(O)c2ccoc2Cl)cc1OC. The number of halogens is 1. The average Bonchev–Trinajstić information content (AvgIpc) is 2.85. The van der Waals surface area contributed by atoms with Crippen LogP contribution in [-0.4, -0.2) is 19.3 Å². The van der Waals surface area contributed by atoms with Crippen LogP contribution in [0.4, 0.5) is 0 Å². The van der Waals surface area contributed by atoms with Gasteiger partial charge in [-0.2, -0.15) is 0 Å². The molecule has 0 bridgehead atoms. The molecule has 0 aliphatic rings. The summed E-state index contributed by atoms with van der Waals surface area (Å²) >= 11 is 5.84. The molecular weight excluding hydrogens is 268 g/mol. The average molecular weight is 283 g/mol. The van der Waals surface area contributed by atoms with Crippen LogP contribution in [0, 0.1) is 0 Å². The first-order valence-corrected chi connectivity index (χ1v) is 6.15. The van der Waals surface area contributed by atoms with Crippen molar-refractivity contribution in [1.29, 1.82) is 0 Å². The third-order valence-corrected chi connectivity index (χ3v) is 3.19. The lowest BCUT2D eigenvalue weighted by Crippen LogP contribution is -2.02. The number of ether oxygens (including phenoxy) is 2. The second-order valence-electron chi connectivity index (χ2n) is 4.06. The first-order valence-electron chi connectivity index (χ1n) is 5.77. The van der Waals surface area contributed by atoms with Gasteiger partial charge in [-0.15, -0.1) is 0 Å². The highest BCUT2D eigenvalue weighted by Crippen LogP contribution is 2.31. The van der Waals surface area contributed by atoms with Crippen molar-refractivity contribution in [2.24, 2.45) is 0 Å². The van der Waals surface area contributed by atoms with Crippen molar-refractivity contribution in [1.82, 2.24) is 0 Å². The number of hydrogen-bond acceptors (Lipinski definition) is 4. The minimum Gasteiger partial charge on any atom is -0.493 e. The number of aliphatic hydroxyl groups is 1. The topological polar surface area (TPSA) is 51.8 Å². The summed E-state index contributed by atoms with van der Waals surface area (Å²) in [6.45, 7) is 0.